The van der Waals surface area contributed by atoms with Gasteiger partial charge in [-0.3, -0.25) is 4.79 Å². The maximum atomic E-state index is 13.0. The summed E-state index contributed by atoms with van der Waals surface area (Å²) in [5.41, 5.74) is 2.17. The van der Waals surface area contributed by atoms with Gasteiger partial charge in [-0.15, -0.1) is 0 Å². The van der Waals surface area contributed by atoms with Gasteiger partial charge in [0, 0.05) is 42.5 Å². The number of aliphatic hydroxyl groups excluding tert-OH is 1. The average Bonchev–Trinajstić information content (AvgIpc) is 3.62. The molecule has 3 aromatic heterocycles. The number of likely N-dealkylation sites (tertiary alicyclic amines) is 1. The van der Waals surface area contributed by atoms with Gasteiger partial charge in [0.05, 0.1) is 24.0 Å². The molecule has 4 saturated carbocycles. The zero-order valence-electron chi connectivity index (χ0n) is 22.6. The zero-order chi connectivity index (χ0) is 27.4. The summed E-state index contributed by atoms with van der Waals surface area (Å²) in [5.74, 6) is 1.06. The molecule has 4 heterocycles. The first-order valence-electron chi connectivity index (χ1n) is 14.4. The Kier molecular flexibility index (Phi) is 6.17. The summed E-state index contributed by atoms with van der Waals surface area (Å²) in [7, 11) is 0. The van der Waals surface area contributed by atoms with Crippen molar-refractivity contribution in [3.05, 3.63) is 24.3 Å². The Morgan fingerprint density at radius 1 is 1.23 bits per heavy atom. The number of aromatic amines is 1. The number of piperidine rings is 1. The summed E-state index contributed by atoms with van der Waals surface area (Å²) in [6.45, 7) is 3.15. The van der Waals surface area contributed by atoms with Gasteiger partial charge in [0.2, 0.25) is 0 Å². The number of aromatic nitrogens is 4. The van der Waals surface area contributed by atoms with Gasteiger partial charge in [0.15, 0.2) is 0 Å². The molecule has 1 saturated heterocycles. The molecule has 3 unspecified atom stereocenters. The Labute approximate surface area is 231 Å². The Balaban J connectivity index is 1.10. The molecule has 5 aliphatic rings. The number of anilines is 1. The van der Waals surface area contributed by atoms with Crippen LogP contribution < -0.4 is 10.6 Å². The summed E-state index contributed by atoms with van der Waals surface area (Å²) >= 11 is 0. The van der Waals surface area contributed by atoms with Crippen LogP contribution in [0.3, 0.4) is 0 Å². The normalized spacial score (nSPS) is 29.6. The molecule has 2 amide bonds. The van der Waals surface area contributed by atoms with Gasteiger partial charge in [-0.25, -0.2) is 9.78 Å². The minimum absolute atomic E-state index is 0.0409. The van der Waals surface area contributed by atoms with Gasteiger partial charge in [0.25, 0.3) is 17.6 Å². The van der Waals surface area contributed by atoms with Crippen LogP contribution >= 0.6 is 0 Å². The molecule has 4 bridgehead atoms. The summed E-state index contributed by atoms with van der Waals surface area (Å²) in [6, 6.07) is 1.89. The Morgan fingerprint density at radius 2 is 2.00 bits per heavy atom. The molecule has 4 aliphatic carbocycles. The van der Waals surface area contributed by atoms with Gasteiger partial charge in [-0.1, -0.05) is 5.16 Å². The maximum absolute atomic E-state index is 13.0. The molecule has 12 nitrogen and oxygen atoms in total. The van der Waals surface area contributed by atoms with Crippen LogP contribution in [0.15, 0.2) is 23.0 Å². The van der Waals surface area contributed by atoms with Crippen molar-refractivity contribution in [3.8, 4) is 11.5 Å². The average molecular weight is 550 g/mol. The predicted molar refractivity (Wildman–Crippen MR) is 144 cm³/mol. The highest BCUT2D eigenvalue weighted by molar-refractivity contribution is 5.98. The van der Waals surface area contributed by atoms with Crippen molar-refractivity contribution in [2.24, 2.45) is 17.8 Å². The van der Waals surface area contributed by atoms with Crippen LogP contribution in [0.25, 0.3) is 22.5 Å². The molecule has 0 spiro atoms. The number of rotatable bonds is 6. The standard InChI is InChI=1S/C28H35N7O5/c1-2-39-27(38)35-7-4-18(5-8-35)31-25(37)24-32-26(40-34-24)20-14-30-23-19(3-6-29-23)21(20)33-28-11-15-9-16(12-28)22(36)17(10-15)13-28/h3,6,14-18,22,36H,2,4-5,7-13H2,1H3,(H,31,37)(H2,29,30,33)/t15?,16-,17+,22?,28?. The van der Waals surface area contributed by atoms with Crippen LogP contribution in [-0.2, 0) is 4.74 Å². The summed E-state index contributed by atoms with van der Waals surface area (Å²) < 4.78 is 10.7. The third-order valence-electron chi connectivity index (χ3n) is 9.42. The van der Waals surface area contributed by atoms with Crippen LogP contribution in [-0.4, -0.2) is 79.5 Å². The number of carbonyl (C=O) groups excluding carboxylic acids is 2. The number of pyridine rings is 1. The lowest BCUT2D eigenvalue weighted by Crippen LogP contribution is -2.60. The third-order valence-corrected chi connectivity index (χ3v) is 9.42. The Bertz CT molecular complexity index is 1410. The highest BCUT2D eigenvalue weighted by atomic mass is 16.6. The summed E-state index contributed by atoms with van der Waals surface area (Å²) in [6.07, 6.45) is 9.43. The number of aliphatic hydroxyl groups is 1. The molecule has 0 radical (unpaired) electrons. The molecular formula is C28H35N7O5. The lowest BCUT2D eigenvalue weighted by Gasteiger charge is -2.59. The Hall–Kier alpha value is -3.67. The van der Waals surface area contributed by atoms with Crippen molar-refractivity contribution < 1.29 is 24.0 Å². The smallest absolute Gasteiger partial charge is 0.409 e. The fourth-order valence-corrected chi connectivity index (χ4v) is 7.82. The topological polar surface area (TPSA) is 158 Å². The molecule has 1 aliphatic heterocycles. The van der Waals surface area contributed by atoms with Crippen LogP contribution in [0.5, 0.6) is 0 Å². The number of nitrogens with zero attached hydrogens (tertiary/aromatic N) is 4. The van der Waals surface area contributed by atoms with Crippen molar-refractivity contribution in [1.82, 2.24) is 30.3 Å². The van der Waals surface area contributed by atoms with E-state index < -0.39 is 5.91 Å². The molecule has 12 heteroatoms. The zero-order valence-corrected chi connectivity index (χ0v) is 22.6. The quantitative estimate of drug-likeness (QED) is 0.362. The number of ether oxygens (including phenoxy) is 1. The third kappa shape index (κ3) is 4.38. The molecule has 5 fully saturated rings. The highest BCUT2D eigenvalue weighted by Crippen LogP contribution is 2.57. The maximum Gasteiger partial charge on any atom is 0.409 e. The lowest BCUT2D eigenvalue weighted by atomic mass is 9.51. The first-order chi connectivity index (χ1) is 19.4. The highest BCUT2D eigenvalue weighted by Gasteiger charge is 2.55. The van der Waals surface area contributed by atoms with Crippen LogP contribution in [0.1, 0.15) is 62.5 Å². The molecular weight excluding hydrogens is 514 g/mol. The first-order valence-corrected chi connectivity index (χ1v) is 14.4. The fraction of sp³-hybridized carbons (Fsp3) is 0.607. The minimum Gasteiger partial charge on any atom is -0.450 e. The Morgan fingerprint density at radius 3 is 2.75 bits per heavy atom. The van der Waals surface area contributed by atoms with Crippen molar-refractivity contribution in [1.29, 1.82) is 0 Å². The number of H-pyrrole nitrogens is 1. The number of hydrogen-bond donors (Lipinski definition) is 4. The van der Waals surface area contributed by atoms with Crippen molar-refractivity contribution in [2.75, 3.05) is 25.0 Å². The van der Waals surface area contributed by atoms with Gasteiger partial charge in [-0.05, 0) is 75.7 Å². The van der Waals surface area contributed by atoms with Gasteiger partial charge < -0.3 is 34.9 Å². The summed E-state index contributed by atoms with van der Waals surface area (Å²) in [4.78, 5) is 38.8. The fourth-order valence-electron chi connectivity index (χ4n) is 7.82. The second-order valence-electron chi connectivity index (χ2n) is 12.0. The molecule has 5 atom stereocenters. The van der Waals surface area contributed by atoms with Crippen molar-refractivity contribution in [3.63, 3.8) is 0 Å². The number of carbonyl (C=O) groups is 2. The van der Waals surface area contributed by atoms with Gasteiger partial charge >= 0.3 is 6.09 Å². The van der Waals surface area contributed by atoms with E-state index in [4.69, 9.17) is 9.26 Å². The molecule has 4 N–H and O–H groups in total. The lowest BCUT2D eigenvalue weighted by molar-refractivity contribution is -0.0960. The number of amides is 2. The number of fused-ring (bicyclic) bond motifs is 1. The predicted octanol–water partition coefficient (Wildman–Crippen LogP) is 3.32. The van der Waals surface area contributed by atoms with Crippen molar-refractivity contribution >= 4 is 28.7 Å². The molecule has 0 aromatic carbocycles. The molecule has 212 valence electrons. The largest absolute Gasteiger partial charge is 0.450 e. The number of hydrogen-bond acceptors (Lipinski definition) is 9. The van der Waals surface area contributed by atoms with E-state index in [1.165, 1.54) is 0 Å². The second kappa shape index (κ2) is 9.76. The van der Waals surface area contributed by atoms with E-state index in [0.29, 0.717) is 55.9 Å². The molecule has 40 heavy (non-hydrogen) atoms. The van der Waals surface area contributed by atoms with Crippen LogP contribution in [0.2, 0.25) is 0 Å². The monoisotopic (exact) mass is 549 g/mol. The van der Waals surface area contributed by atoms with E-state index in [0.717, 1.165) is 48.8 Å². The van der Waals surface area contributed by atoms with E-state index in [1.807, 2.05) is 12.3 Å². The van der Waals surface area contributed by atoms with Crippen molar-refractivity contribution in [2.45, 2.75) is 69.6 Å². The van der Waals surface area contributed by atoms with Crippen LogP contribution in [0, 0.1) is 17.8 Å². The van der Waals surface area contributed by atoms with E-state index in [1.54, 1.807) is 18.0 Å². The molecule has 8 rings (SSSR count). The second-order valence-corrected chi connectivity index (χ2v) is 12.0. The van der Waals surface area contributed by atoms with E-state index in [-0.39, 0.29) is 35.5 Å². The molecule has 3 aromatic rings. The van der Waals surface area contributed by atoms with Gasteiger partial charge in [0.1, 0.15) is 5.65 Å². The van der Waals surface area contributed by atoms with E-state index in [2.05, 4.69) is 30.7 Å². The number of nitrogens with one attached hydrogen (secondary N) is 3. The minimum atomic E-state index is -0.412. The van der Waals surface area contributed by atoms with Crippen LogP contribution in [0.4, 0.5) is 10.5 Å². The summed E-state index contributed by atoms with van der Waals surface area (Å²) in [5, 5.41) is 22.6. The van der Waals surface area contributed by atoms with E-state index in [9.17, 15) is 14.7 Å². The van der Waals surface area contributed by atoms with E-state index >= 15 is 0 Å². The SMILES string of the molecule is CCOC(=O)N1CCC(NC(=O)c2noc(-c3cnc4[nH]ccc4c3NC34CC5C[C@H](C3)C(O)[C@@H](C5)C4)n2)CC1. The van der Waals surface area contributed by atoms with Gasteiger partial charge in [-0.2, -0.15) is 4.98 Å². The first kappa shape index (κ1) is 25.3.